The molecule has 0 radical (unpaired) electrons. The molecule has 0 fully saturated rings. The molecule has 82 valence electrons. The monoisotopic (exact) mass is 205 g/mol. The highest BCUT2D eigenvalue weighted by Gasteiger charge is 1.99. The predicted octanol–water partition coefficient (Wildman–Crippen LogP) is 2.88. The Hall–Kier alpha value is -1.31. The summed E-state index contributed by atoms with van der Waals surface area (Å²) in [5, 5.41) is 2.92. The predicted molar refractivity (Wildman–Crippen MR) is 62.4 cm³/mol. The number of nitrogens with one attached hydrogen (secondary N) is 1. The van der Waals surface area contributed by atoms with E-state index in [1.807, 2.05) is 30.3 Å². The van der Waals surface area contributed by atoms with Gasteiger partial charge in [0.2, 0.25) is 5.91 Å². The lowest BCUT2D eigenvalue weighted by molar-refractivity contribution is -0.121. The molecule has 0 saturated carbocycles. The van der Waals surface area contributed by atoms with Crippen LogP contribution in [0.4, 0.5) is 0 Å². The van der Waals surface area contributed by atoms with Gasteiger partial charge in [-0.25, -0.2) is 0 Å². The first kappa shape index (κ1) is 11.8. The molecule has 0 bridgehead atoms. The van der Waals surface area contributed by atoms with E-state index >= 15 is 0 Å². The zero-order chi connectivity index (χ0) is 10.9. The first-order valence-corrected chi connectivity index (χ1v) is 5.63. The quantitative estimate of drug-likeness (QED) is 0.711. The lowest BCUT2D eigenvalue weighted by atomic mass is 10.2. The van der Waals surface area contributed by atoms with Crippen molar-refractivity contribution >= 4 is 5.91 Å². The fourth-order valence-electron chi connectivity index (χ4n) is 1.42. The SMILES string of the molecule is CCCCCC(=O)NCc1ccccc1. The normalized spacial score (nSPS) is 9.93. The molecule has 1 aromatic rings. The van der Waals surface area contributed by atoms with Crippen molar-refractivity contribution in [3.05, 3.63) is 35.9 Å². The van der Waals surface area contributed by atoms with Crippen LogP contribution >= 0.6 is 0 Å². The molecule has 0 unspecified atom stereocenters. The minimum absolute atomic E-state index is 0.160. The third-order valence-electron chi connectivity index (χ3n) is 2.34. The van der Waals surface area contributed by atoms with Gasteiger partial charge in [0, 0.05) is 13.0 Å². The number of benzene rings is 1. The van der Waals surface area contributed by atoms with Gasteiger partial charge in [-0.3, -0.25) is 4.79 Å². The molecule has 15 heavy (non-hydrogen) atoms. The van der Waals surface area contributed by atoms with E-state index in [0.717, 1.165) is 24.8 Å². The minimum Gasteiger partial charge on any atom is -0.352 e. The Morgan fingerprint density at radius 3 is 2.60 bits per heavy atom. The summed E-state index contributed by atoms with van der Waals surface area (Å²) in [6.07, 6.45) is 3.95. The summed E-state index contributed by atoms with van der Waals surface area (Å²) in [4.78, 5) is 11.4. The zero-order valence-electron chi connectivity index (χ0n) is 9.33. The third kappa shape index (κ3) is 5.21. The van der Waals surface area contributed by atoms with E-state index < -0.39 is 0 Å². The van der Waals surface area contributed by atoms with Gasteiger partial charge in [-0.2, -0.15) is 0 Å². The van der Waals surface area contributed by atoms with Gasteiger partial charge in [0.05, 0.1) is 0 Å². The number of unbranched alkanes of at least 4 members (excludes halogenated alkanes) is 2. The second kappa shape index (κ2) is 7.04. The summed E-state index contributed by atoms with van der Waals surface area (Å²) >= 11 is 0. The van der Waals surface area contributed by atoms with E-state index in [1.54, 1.807) is 0 Å². The lowest BCUT2D eigenvalue weighted by Gasteiger charge is -2.04. The second-order valence-electron chi connectivity index (χ2n) is 3.72. The van der Waals surface area contributed by atoms with Gasteiger partial charge in [0.1, 0.15) is 0 Å². The minimum atomic E-state index is 0.160. The van der Waals surface area contributed by atoms with E-state index in [9.17, 15) is 4.79 Å². The van der Waals surface area contributed by atoms with Gasteiger partial charge < -0.3 is 5.32 Å². The standard InChI is InChI=1S/C13H19NO/c1-2-3-5-10-13(15)14-11-12-8-6-4-7-9-12/h4,6-9H,2-3,5,10-11H2,1H3,(H,14,15). The molecule has 1 aromatic carbocycles. The number of carbonyl (C=O) groups excluding carboxylic acids is 1. The van der Waals surface area contributed by atoms with Gasteiger partial charge in [0.25, 0.3) is 0 Å². The molecule has 0 aromatic heterocycles. The molecule has 0 aliphatic carbocycles. The Kier molecular flexibility index (Phi) is 5.52. The summed E-state index contributed by atoms with van der Waals surface area (Å²) in [5.74, 6) is 0.160. The van der Waals surface area contributed by atoms with Crippen molar-refractivity contribution in [2.75, 3.05) is 0 Å². The van der Waals surface area contributed by atoms with Crippen molar-refractivity contribution in [1.29, 1.82) is 0 Å². The first-order valence-electron chi connectivity index (χ1n) is 5.63. The van der Waals surface area contributed by atoms with Gasteiger partial charge in [-0.05, 0) is 12.0 Å². The van der Waals surface area contributed by atoms with Crippen LogP contribution in [-0.2, 0) is 11.3 Å². The highest BCUT2D eigenvalue weighted by Crippen LogP contribution is 2.00. The van der Waals surface area contributed by atoms with Crippen LogP contribution in [0.15, 0.2) is 30.3 Å². The molecule has 0 aliphatic heterocycles. The summed E-state index contributed by atoms with van der Waals surface area (Å²) in [5.41, 5.74) is 1.15. The zero-order valence-corrected chi connectivity index (χ0v) is 9.33. The van der Waals surface area contributed by atoms with Crippen LogP contribution in [0.25, 0.3) is 0 Å². The Morgan fingerprint density at radius 1 is 1.20 bits per heavy atom. The fourth-order valence-corrected chi connectivity index (χ4v) is 1.42. The number of hydrogen-bond acceptors (Lipinski definition) is 1. The van der Waals surface area contributed by atoms with Gasteiger partial charge >= 0.3 is 0 Å². The first-order chi connectivity index (χ1) is 7.33. The molecular weight excluding hydrogens is 186 g/mol. The molecule has 2 nitrogen and oxygen atoms in total. The van der Waals surface area contributed by atoms with E-state index in [0.29, 0.717) is 13.0 Å². The number of hydrogen-bond donors (Lipinski definition) is 1. The number of rotatable bonds is 6. The van der Waals surface area contributed by atoms with E-state index in [2.05, 4.69) is 12.2 Å². The van der Waals surface area contributed by atoms with E-state index in [4.69, 9.17) is 0 Å². The molecule has 0 aliphatic rings. The fraction of sp³-hybridized carbons (Fsp3) is 0.462. The summed E-state index contributed by atoms with van der Waals surface area (Å²) in [6, 6.07) is 9.99. The largest absolute Gasteiger partial charge is 0.352 e. The molecule has 0 heterocycles. The van der Waals surface area contributed by atoms with E-state index in [-0.39, 0.29) is 5.91 Å². The molecule has 1 N–H and O–H groups in total. The summed E-state index contributed by atoms with van der Waals surface area (Å²) < 4.78 is 0. The average Bonchev–Trinajstić information content (AvgIpc) is 2.28. The smallest absolute Gasteiger partial charge is 0.220 e. The highest BCUT2D eigenvalue weighted by molar-refractivity contribution is 5.75. The van der Waals surface area contributed by atoms with Crippen LogP contribution in [0.3, 0.4) is 0 Å². The maximum atomic E-state index is 11.4. The van der Waals surface area contributed by atoms with Crippen LogP contribution in [0.5, 0.6) is 0 Å². The van der Waals surface area contributed by atoms with Gasteiger partial charge in [0.15, 0.2) is 0 Å². The molecule has 0 saturated heterocycles. The molecule has 0 atom stereocenters. The van der Waals surface area contributed by atoms with Crippen molar-refractivity contribution in [2.45, 2.75) is 39.2 Å². The molecule has 1 amide bonds. The highest BCUT2D eigenvalue weighted by atomic mass is 16.1. The Balaban J connectivity index is 2.17. The molecule has 1 rings (SSSR count). The molecular formula is C13H19NO. The molecule has 0 spiro atoms. The summed E-state index contributed by atoms with van der Waals surface area (Å²) in [6.45, 7) is 2.79. The number of carbonyl (C=O) groups is 1. The second-order valence-corrected chi connectivity index (χ2v) is 3.72. The van der Waals surface area contributed by atoms with Crippen LogP contribution in [-0.4, -0.2) is 5.91 Å². The maximum absolute atomic E-state index is 11.4. The molecule has 2 heteroatoms. The lowest BCUT2D eigenvalue weighted by Crippen LogP contribution is -2.22. The topological polar surface area (TPSA) is 29.1 Å². The van der Waals surface area contributed by atoms with Gasteiger partial charge in [-0.1, -0.05) is 50.1 Å². The number of amides is 1. The van der Waals surface area contributed by atoms with Gasteiger partial charge in [-0.15, -0.1) is 0 Å². The Bertz CT molecular complexity index is 282. The maximum Gasteiger partial charge on any atom is 0.220 e. The van der Waals surface area contributed by atoms with Crippen molar-refractivity contribution in [3.8, 4) is 0 Å². The van der Waals surface area contributed by atoms with Crippen molar-refractivity contribution < 1.29 is 4.79 Å². The Morgan fingerprint density at radius 2 is 1.93 bits per heavy atom. The van der Waals surface area contributed by atoms with Crippen molar-refractivity contribution in [1.82, 2.24) is 5.32 Å². The van der Waals surface area contributed by atoms with Crippen molar-refractivity contribution in [2.24, 2.45) is 0 Å². The average molecular weight is 205 g/mol. The summed E-state index contributed by atoms with van der Waals surface area (Å²) in [7, 11) is 0. The third-order valence-corrected chi connectivity index (χ3v) is 2.34. The van der Waals surface area contributed by atoms with Crippen LogP contribution in [0.1, 0.15) is 38.2 Å². The Labute approximate surface area is 91.7 Å². The van der Waals surface area contributed by atoms with Crippen LogP contribution in [0, 0.1) is 0 Å². The van der Waals surface area contributed by atoms with Crippen LogP contribution < -0.4 is 5.32 Å². The van der Waals surface area contributed by atoms with Crippen molar-refractivity contribution in [3.63, 3.8) is 0 Å². The van der Waals surface area contributed by atoms with Crippen LogP contribution in [0.2, 0.25) is 0 Å². The van der Waals surface area contributed by atoms with E-state index in [1.165, 1.54) is 0 Å².